The van der Waals surface area contributed by atoms with Crippen molar-refractivity contribution in [1.82, 2.24) is 4.90 Å². The van der Waals surface area contributed by atoms with Crippen LogP contribution in [0.3, 0.4) is 0 Å². The zero-order chi connectivity index (χ0) is 23.8. The van der Waals surface area contributed by atoms with Gasteiger partial charge in [-0.1, -0.05) is 30.5 Å². The lowest BCUT2D eigenvalue weighted by atomic mass is 9.81. The monoisotopic (exact) mass is 492 g/mol. The number of hydrogen-bond acceptors (Lipinski definition) is 6. The predicted octanol–water partition coefficient (Wildman–Crippen LogP) is 3.83. The van der Waals surface area contributed by atoms with E-state index in [0.29, 0.717) is 11.3 Å². The van der Waals surface area contributed by atoms with Crippen LogP contribution in [0.25, 0.3) is 0 Å². The molecule has 4 rings (SSSR count). The first-order valence-electron chi connectivity index (χ1n) is 10.6. The van der Waals surface area contributed by atoms with Gasteiger partial charge in [0, 0.05) is 0 Å². The van der Waals surface area contributed by atoms with E-state index >= 15 is 0 Å². The molecule has 2 aromatic rings. The fourth-order valence-corrected chi connectivity index (χ4v) is 6.07. The number of fused-ring (bicyclic) bond motifs is 1. The molecule has 1 N–H and O–H groups in total. The normalized spacial score (nSPS) is 20.5. The van der Waals surface area contributed by atoms with Crippen LogP contribution in [0.1, 0.15) is 31.2 Å². The number of imide groups is 1. The Morgan fingerprint density at radius 1 is 0.970 bits per heavy atom. The summed E-state index contributed by atoms with van der Waals surface area (Å²) in [5, 5.41) is 0.256. The summed E-state index contributed by atoms with van der Waals surface area (Å²) in [7, 11) is -1.22. The molecular formula is C23H25ClN2O6S. The van der Waals surface area contributed by atoms with E-state index in [2.05, 4.69) is 4.72 Å². The smallest absolute Gasteiger partial charge is 0.265 e. The molecule has 0 spiro atoms. The number of hydrogen-bond donors (Lipinski definition) is 1. The minimum absolute atomic E-state index is 0.0194. The molecule has 1 saturated carbocycles. The van der Waals surface area contributed by atoms with Gasteiger partial charge >= 0.3 is 0 Å². The van der Waals surface area contributed by atoms with Crippen molar-refractivity contribution in [1.29, 1.82) is 0 Å². The molecule has 1 aliphatic carbocycles. The molecule has 2 fully saturated rings. The van der Waals surface area contributed by atoms with Gasteiger partial charge < -0.3 is 9.47 Å². The number of methoxy groups -OCH3 is 2. The van der Waals surface area contributed by atoms with Crippen molar-refractivity contribution in [2.45, 2.75) is 37.1 Å². The summed E-state index contributed by atoms with van der Waals surface area (Å²) < 4.78 is 39.2. The highest BCUT2D eigenvalue weighted by Crippen LogP contribution is 2.39. The van der Waals surface area contributed by atoms with Gasteiger partial charge in [0.2, 0.25) is 11.8 Å². The Bertz CT molecular complexity index is 1180. The molecule has 0 aromatic heterocycles. The molecule has 1 aliphatic heterocycles. The lowest BCUT2D eigenvalue weighted by molar-refractivity contribution is -0.140. The molecule has 2 amide bonds. The minimum atomic E-state index is -4.06. The number of nitrogens with zero attached hydrogens (tertiary/aromatic N) is 1. The number of rotatable bonds is 7. The molecule has 2 atom stereocenters. The lowest BCUT2D eigenvalue weighted by Gasteiger charge is -2.19. The van der Waals surface area contributed by atoms with Crippen LogP contribution in [0.5, 0.6) is 11.5 Å². The molecule has 0 radical (unpaired) electrons. The number of carbonyl (C=O) groups excluding carboxylic acids is 2. The van der Waals surface area contributed by atoms with Crippen LogP contribution in [0.15, 0.2) is 41.3 Å². The van der Waals surface area contributed by atoms with E-state index in [4.69, 9.17) is 21.1 Å². The quantitative estimate of drug-likeness (QED) is 0.589. The van der Waals surface area contributed by atoms with Gasteiger partial charge in [0.1, 0.15) is 16.4 Å². The van der Waals surface area contributed by atoms with Gasteiger partial charge in [0.05, 0.1) is 43.3 Å². The fourth-order valence-electron chi connectivity index (χ4n) is 4.54. The molecule has 1 heterocycles. The fraction of sp³-hybridized carbons (Fsp3) is 0.391. The highest BCUT2D eigenvalue weighted by Gasteiger charge is 2.47. The van der Waals surface area contributed by atoms with E-state index in [1.807, 2.05) is 0 Å². The first kappa shape index (κ1) is 23.4. The van der Waals surface area contributed by atoms with E-state index in [-0.39, 0.29) is 51.5 Å². The summed E-state index contributed by atoms with van der Waals surface area (Å²) in [6.45, 7) is 0.0194. The first-order chi connectivity index (χ1) is 15.7. The molecule has 33 heavy (non-hydrogen) atoms. The van der Waals surface area contributed by atoms with Gasteiger partial charge in [-0.15, -0.1) is 0 Å². The molecule has 8 nitrogen and oxygen atoms in total. The topological polar surface area (TPSA) is 102 Å². The number of amides is 2. The number of carbonyl (C=O) groups is 2. The molecular weight excluding hydrogens is 468 g/mol. The molecule has 0 unspecified atom stereocenters. The minimum Gasteiger partial charge on any atom is -0.495 e. The van der Waals surface area contributed by atoms with E-state index < -0.39 is 10.0 Å². The maximum absolute atomic E-state index is 13.2. The average molecular weight is 493 g/mol. The maximum atomic E-state index is 13.2. The van der Waals surface area contributed by atoms with Crippen LogP contribution < -0.4 is 14.2 Å². The summed E-state index contributed by atoms with van der Waals surface area (Å²) in [5.41, 5.74) is 0.770. The summed E-state index contributed by atoms with van der Waals surface area (Å²) >= 11 is 6.11. The number of nitrogens with one attached hydrogen (secondary N) is 1. The van der Waals surface area contributed by atoms with E-state index in [1.165, 1.54) is 43.4 Å². The molecule has 2 aromatic carbocycles. The highest BCUT2D eigenvalue weighted by atomic mass is 35.5. The van der Waals surface area contributed by atoms with Crippen LogP contribution in [0.2, 0.25) is 5.02 Å². The Morgan fingerprint density at radius 2 is 1.58 bits per heavy atom. The Balaban J connectivity index is 1.61. The second-order valence-corrected chi connectivity index (χ2v) is 10.3. The van der Waals surface area contributed by atoms with Gasteiger partial charge in [-0.2, -0.15) is 0 Å². The Hall–Kier alpha value is -2.78. The van der Waals surface area contributed by atoms with Crippen molar-refractivity contribution in [3.8, 4) is 11.5 Å². The standard InChI is InChI=1S/C23H25ClN2O6S/c1-31-19-10-8-15(12-18(19)24)25-33(29,30)21-11-14(7-9-20(21)32-2)13-26-22(27)16-5-3-4-6-17(16)23(26)28/h7-12,16-17,25H,3-6,13H2,1-2H3/t16-,17-/m1/s1. The molecule has 10 heteroatoms. The van der Waals surface area contributed by atoms with E-state index in [1.54, 1.807) is 12.1 Å². The zero-order valence-corrected chi connectivity index (χ0v) is 19.9. The summed E-state index contributed by atoms with van der Waals surface area (Å²) in [4.78, 5) is 26.8. The second kappa shape index (κ2) is 9.23. The molecule has 1 saturated heterocycles. The van der Waals surface area contributed by atoms with Crippen LogP contribution >= 0.6 is 11.6 Å². The summed E-state index contributed by atoms with van der Waals surface area (Å²) in [6, 6.07) is 9.12. The van der Waals surface area contributed by atoms with Crippen LogP contribution in [0, 0.1) is 11.8 Å². The van der Waals surface area contributed by atoms with E-state index in [0.717, 1.165) is 25.7 Å². The number of ether oxygens (including phenoxy) is 2. The van der Waals surface area contributed by atoms with Gasteiger partial charge in [0.15, 0.2) is 0 Å². The third-order valence-electron chi connectivity index (χ3n) is 6.19. The molecule has 0 bridgehead atoms. The van der Waals surface area contributed by atoms with Crippen LogP contribution in [0.4, 0.5) is 5.69 Å². The third kappa shape index (κ3) is 4.52. The Kier molecular flexibility index (Phi) is 6.54. The van der Waals surface area contributed by atoms with Crippen molar-refractivity contribution in [2.24, 2.45) is 11.8 Å². The number of halogens is 1. The first-order valence-corrected chi connectivity index (χ1v) is 12.5. The van der Waals surface area contributed by atoms with Crippen molar-refractivity contribution in [3.63, 3.8) is 0 Å². The van der Waals surface area contributed by atoms with Gasteiger partial charge in [-0.3, -0.25) is 19.2 Å². The highest BCUT2D eigenvalue weighted by molar-refractivity contribution is 7.92. The number of anilines is 1. The third-order valence-corrected chi connectivity index (χ3v) is 7.89. The predicted molar refractivity (Wildman–Crippen MR) is 123 cm³/mol. The van der Waals surface area contributed by atoms with Gasteiger partial charge in [-0.25, -0.2) is 8.42 Å². The summed E-state index contributed by atoms with van der Waals surface area (Å²) in [6.07, 6.45) is 3.34. The van der Waals surface area contributed by atoms with Crippen LogP contribution in [-0.4, -0.2) is 39.4 Å². The van der Waals surface area contributed by atoms with Crippen molar-refractivity contribution < 1.29 is 27.5 Å². The Morgan fingerprint density at radius 3 is 2.15 bits per heavy atom. The second-order valence-electron chi connectivity index (χ2n) is 8.20. The molecule has 2 aliphatic rings. The Labute approximate surface area is 197 Å². The molecule has 176 valence electrons. The average Bonchev–Trinajstić information content (AvgIpc) is 3.04. The SMILES string of the molecule is COc1ccc(NS(=O)(=O)c2cc(CN3C(=O)[C@@H]4CCCC[C@H]4C3=O)ccc2OC)cc1Cl. The number of benzene rings is 2. The van der Waals surface area contributed by atoms with Crippen molar-refractivity contribution in [3.05, 3.63) is 47.0 Å². The van der Waals surface area contributed by atoms with Crippen molar-refractivity contribution >= 4 is 39.1 Å². The maximum Gasteiger partial charge on any atom is 0.265 e. The van der Waals surface area contributed by atoms with Gasteiger partial charge in [0.25, 0.3) is 10.0 Å². The van der Waals surface area contributed by atoms with Crippen LogP contribution in [-0.2, 0) is 26.2 Å². The number of likely N-dealkylation sites (tertiary alicyclic amines) is 1. The number of sulfonamides is 1. The largest absolute Gasteiger partial charge is 0.495 e. The van der Waals surface area contributed by atoms with Crippen molar-refractivity contribution in [2.75, 3.05) is 18.9 Å². The summed E-state index contributed by atoms with van der Waals surface area (Å²) in [5.74, 6) is -0.298. The van der Waals surface area contributed by atoms with E-state index in [9.17, 15) is 18.0 Å². The lowest BCUT2D eigenvalue weighted by Crippen LogP contribution is -2.30. The van der Waals surface area contributed by atoms with Gasteiger partial charge in [-0.05, 0) is 48.7 Å². The zero-order valence-electron chi connectivity index (χ0n) is 18.3.